The smallest absolute Gasteiger partial charge is 0.0684 e. The average molecular weight is 210 g/mol. The molecule has 1 rings (SSSR count). The van der Waals surface area contributed by atoms with Crippen molar-refractivity contribution >= 4 is 0 Å². The van der Waals surface area contributed by atoms with Gasteiger partial charge in [0.05, 0.1) is 17.6 Å². The quantitative estimate of drug-likeness (QED) is 0.728. The lowest BCUT2D eigenvalue weighted by Crippen LogP contribution is -2.37. The van der Waals surface area contributed by atoms with Crippen LogP contribution in [0, 0.1) is 22.7 Å². The van der Waals surface area contributed by atoms with Gasteiger partial charge in [0.25, 0.3) is 0 Å². The van der Waals surface area contributed by atoms with E-state index in [9.17, 15) is 0 Å². The molecule has 1 fully saturated rings. The molecule has 0 bridgehead atoms. The topological polar surface area (TPSA) is 45.0 Å². The van der Waals surface area contributed by atoms with Crippen molar-refractivity contribution in [3.8, 4) is 6.07 Å². The number of nitrogens with zero attached hydrogens (tertiary/aromatic N) is 1. The Balaban J connectivity index is 2.02. The first kappa shape index (κ1) is 12.5. The molecule has 15 heavy (non-hydrogen) atoms. The summed E-state index contributed by atoms with van der Waals surface area (Å²) in [5, 5.41) is 12.0. The molecule has 0 aliphatic heterocycles. The Morgan fingerprint density at radius 3 is 2.67 bits per heavy atom. The molecule has 3 nitrogen and oxygen atoms in total. The van der Waals surface area contributed by atoms with Gasteiger partial charge >= 0.3 is 0 Å². The largest absolute Gasteiger partial charge is 0.378 e. The van der Waals surface area contributed by atoms with Crippen LogP contribution in [0.15, 0.2) is 0 Å². The summed E-state index contributed by atoms with van der Waals surface area (Å²) in [5.74, 6) is 0.795. The Kier molecular flexibility index (Phi) is 4.56. The molecule has 1 aliphatic rings. The van der Waals surface area contributed by atoms with Crippen LogP contribution in [-0.4, -0.2) is 26.3 Å². The molecule has 1 N–H and O–H groups in total. The van der Waals surface area contributed by atoms with Crippen molar-refractivity contribution in [1.82, 2.24) is 5.32 Å². The van der Waals surface area contributed by atoms with Gasteiger partial charge in [-0.15, -0.1) is 0 Å². The summed E-state index contributed by atoms with van der Waals surface area (Å²) in [6.07, 6.45) is 3.62. The van der Waals surface area contributed by atoms with Crippen LogP contribution in [0.1, 0.15) is 33.1 Å². The molecule has 0 amide bonds. The summed E-state index contributed by atoms with van der Waals surface area (Å²) in [6.45, 7) is 5.74. The molecular formula is C12H22N2O. The summed E-state index contributed by atoms with van der Waals surface area (Å²) >= 11 is 0. The minimum Gasteiger partial charge on any atom is -0.378 e. The number of ether oxygens (including phenoxy) is 1. The van der Waals surface area contributed by atoms with Crippen LogP contribution in [0.25, 0.3) is 0 Å². The Labute approximate surface area is 92.8 Å². The second kappa shape index (κ2) is 5.48. The van der Waals surface area contributed by atoms with Crippen LogP contribution in [0.4, 0.5) is 0 Å². The molecular weight excluding hydrogens is 188 g/mol. The highest BCUT2D eigenvalue weighted by Gasteiger charge is 2.29. The molecule has 86 valence electrons. The van der Waals surface area contributed by atoms with Crippen LogP contribution < -0.4 is 5.32 Å². The van der Waals surface area contributed by atoms with E-state index in [-0.39, 0.29) is 5.41 Å². The summed E-state index contributed by atoms with van der Waals surface area (Å²) in [5.41, 5.74) is -0.242. The zero-order valence-electron chi connectivity index (χ0n) is 10.0. The molecule has 0 aromatic rings. The maximum Gasteiger partial charge on any atom is 0.0684 e. The molecule has 0 heterocycles. The molecule has 0 atom stereocenters. The maximum atomic E-state index is 8.83. The van der Waals surface area contributed by atoms with E-state index in [2.05, 4.69) is 11.4 Å². The van der Waals surface area contributed by atoms with E-state index in [0.717, 1.165) is 25.5 Å². The monoisotopic (exact) mass is 210 g/mol. The zero-order valence-corrected chi connectivity index (χ0v) is 10.0. The average Bonchev–Trinajstić information content (AvgIpc) is 2.14. The van der Waals surface area contributed by atoms with E-state index in [0.29, 0.717) is 6.10 Å². The van der Waals surface area contributed by atoms with Gasteiger partial charge in [0.15, 0.2) is 0 Å². The molecule has 0 radical (unpaired) electrons. The van der Waals surface area contributed by atoms with E-state index in [1.165, 1.54) is 12.8 Å². The van der Waals surface area contributed by atoms with E-state index in [4.69, 9.17) is 10.00 Å². The van der Waals surface area contributed by atoms with E-state index < -0.39 is 0 Å². The lowest BCUT2D eigenvalue weighted by molar-refractivity contribution is -0.0355. The minimum atomic E-state index is -0.242. The second-order valence-electron chi connectivity index (χ2n) is 5.13. The lowest BCUT2D eigenvalue weighted by atomic mass is 9.82. The van der Waals surface area contributed by atoms with Gasteiger partial charge < -0.3 is 10.1 Å². The lowest BCUT2D eigenvalue weighted by Gasteiger charge is -2.35. The highest BCUT2D eigenvalue weighted by atomic mass is 16.5. The van der Waals surface area contributed by atoms with Gasteiger partial charge in [-0.3, -0.25) is 0 Å². The predicted molar refractivity (Wildman–Crippen MR) is 60.4 cm³/mol. The third-order valence-corrected chi connectivity index (χ3v) is 3.07. The molecule has 1 saturated carbocycles. The van der Waals surface area contributed by atoms with Crippen LogP contribution in [-0.2, 0) is 4.74 Å². The van der Waals surface area contributed by atoms with Gasteiger partial charge in [0, 0.05) is 6.61 Å². The van der Waals surface area contributed by atoms with Crippen molar-refractivity contribution < 1.29 is 4.74 Å². The number of nitrogens with one attached hydrogen (secondary N) is 1. The SMILES string of the molecule is CNCC1CC(OCCC(C)(C)C#N)C1. The first-order valence-electron chi connectivity index (χ1n) is 5.75. The highest BCUT2D eigenvalue weighted by molar-refractivity contribution is 4.91. The van der Waals surface area contributed by atoms with Gasteiger partial charge in [-0.25, -0.2) is 0 Å². The van der Waals surface area contributed by atoms with Gasteiger partial charge in [0.2, 0.25) is 0 Å². The summed E-state index contributed by atoms with van der Waals surface area (Å²) in [7, 11) is 1.99. The van der Waals surface area contributed by atoms with E-state index in [1.807, 2.05) is 20.9 Å². The van der Waals surface area contributed by atoms with Crippen molar-refractivity contribution in [2.75, 3.05) is 20.2 Å². The van der Waals surface area contributed by atoms with Gasteiger partial charge in [-0.2, -0.15) is 5.26 Å². The number of rotatable bonds is 6. The molecule has 3 heteroatoms. The zero-order chi connectivity index (χ0) is 11.3. The van der Waals surface area contributed by atoms with Crippen molar-refractivity contribution in [2.45, 2.75) is 39.2 Å². The van der Waals surface area contributed by atoms with Crippen molar-refractivity contribution in [1.29, 1.82) is 5.26 Å². The fourth-order valence-corrected chi connectivity index (χ4v) is 1.80. The third kappa shape index (κ3) is 4.19. The summed E-state index contributed by atoms with van der Waals surface area (Å²) in [6, 6.07) is 2.29. The van der Waals surface area contributed by atoms with Crippen LogP contribution in [0.5, 0.6) is 0 Å². The van der Waals surface area contributed by atoms with Crippen molar-refractivity contribution in [3.63, 3.8) is 0 Å². The van der Waals surface area contributed by atoms with Crippen molar-refractivity contribution in [3.05, 3.63) is 0 Å². The minimum absolute atomic E-state index is 0.242. The molecule has 0 aromatic heterocycles. The normalized spacial score (nSPS) is 25.7. The van der Waals surface area contributed by atoms with Gasteiger partial charge in [0.1, 0.15) is 0 Å². The first-order valence-corrected chi connectivity index (χ1v) is 5.75. The summed E-state index contributed by atoms with van der Waals surface area (Å²) in [4.78, 5) is 0. The van der Waals surface area contributed by atoms with Gasteiger partial charge in [-0.1, -0.05) is 0 Å². The summed E-state index contributed by atoms with van der Waals surface area (Å²) < 4.78 is 5.71. The molecule has 0 aromatic carbocycles. The van der Waals surface area contributed by atoms with Crippen LogP contribution in [0.3, 0.4) is 0 Å². The Morgan fingerprint density at radius 2 is 2.13 bits per heavy atom. The van der Waals surface area contributed by atoms with Crippen molar-refractivity contribution in [2.24, 2.45) is 11.3 Å². The Hall–Kier alpha value is -0.590. The van der Waals surface area contributed by atoms with Crippen LogP contribution in [0.2, 0.25) is 0 Å². The predicted octanol–water partition coefficient (Wildman–Crippen LogP) is 1.94. The fraction of sp³-hybridized carbons (Fsp3) is 0.917. The van der Waals surface area contributed by atoms with E-state index in [1.54, 1.807) is 0 Å². The maximum absolute atomic E-state index is 8.83. The number of nitriles is 1. The molecule has 1 aliphatic carbocycles. The Morgan fingerprint density at radius 1 is 1.47 bits per heavy atom. The fourth-order valence-electron chi connectivity index (χ4n) is 1.80. The first-order chi connectivity index (χ1) is 7.07. The molecule has 0 unspecified atom stereocenters. The standard InChI is InChI=1S/C12H22N2O/c1-12(2,9-13)4-5-15-11-6-10(7-11)8-14-3/h10-11,14H,4-8H2,1-3H3. The molecule has 0 spiro atoms. The Bertz CT molecular complexity index is 226. The molecule has 0 saturated heterocycles. The number of hydrogen-bond acceptors (Lipinski definition) is 3. The third-order valence-electron chi connectivity index (χ3n) is 3.07. The number of hydrogen-bond donors (Lipinski definition) is 1. The highest BCUT2D eigenvalue weighted by Crippen LogP contribution is 2.30. The van der Waals surface area contributed by atoms with Gasteiger partial charge in [-0.05, 0) is 52.6 Å². The second-order valence-corrected chi connectivity index (χ2v) is 5.13. The van der Waals surface area contributed by atoms with Crippen LogP contribution >= 0.6 is 0 Å². The van der Waals surface area contributed by atoms with E-state index >= 15 is 0 Å².